The van der Waals surface area contributed by atoms with Crippen LogP contribution in [-0.4, -0.2) is 12.6 Å². The topological polar surface area (TPSA) is 26.3 Å². The molecule has 0 rings (SSSR count). The summed E-state index contributed by atoms with van der Waals surface area (Å²) in [6.07, 6.45) is 14.5. The van der Waals surface area contributed by atoms with E-state index in [1.807, 2.05) is 0 Å². The highest BCUT2D eigenvalue weighted by Crippen LogP contribution is 2.13. The Kier molecular flexibility index (Phi) is 15.0. The number of ether oxygens (including phenoxy) is 1. The molecular weight excluding hydrogens is 272 g/mol. The molecule has 132 valence electrons. The predicted octanol–water partition coefficient (Wildman–Crippen LogP) is 6.52. The van der Waals surface area contributed by atoms with Gasteiger partial charge in [-0.25, -0.2) is 0 Å². The lowest BCUT2D eigenvalue weighted by Gasteiger charge is -2.12. The van der Waals surface area contributed by atoms with E-state index in [1.54, 1.807) is 0 Å². The SMILES string of the molecule is CCC(CC)COC(=O)CCCCCCCCCCC(C)C. The molecule has 0 atom stereocenters. The molecule has 0 aliphatic carbocycles. The van der Waals surface area contributed by atoms with Crippen molar-refractivity contribution in [2.75, 3.05) is 6.61 Å². The summed E-state index contributed by atoms with van der Waals surface area (Å²) >= 11 is 0. The summed E-state index contributed by atoms with van der Waals surface area (Å²) in [6.45, 7) is 9.53. The van der Waals surface area contributed by atoms with E-state index < -0.39 is 0 Å². The van der Waals surface area contributed by atoms with Gasteiger partial charge in [0.15, 0.2) is 0 Å². The first-order valence-electron chi connectivity index (χ1n) is 9.75. The molecule has 0 amide bonds. The highest BCUT2D eigenvalue weighted by Gasteiger charge is 2.08. The lowest BCUT2D eigenvalue weighted by atomic mass is 10.0. The maximum absolute atomic E-state index is 11.6. The van der Waals surface area contributed by atoms with Crippen molar-refractivity contribution in [1.82, 2.24) is 0 Å². The van der Waals surface area contributed by atoms with Crippen LogP contribution in [0.1, 0.15) is 105 Å². The van der Waals surface area contributed by atoms with Gasteiger partial charge in [-0.15, -0.1) is 0 Å². The molecule has 22 heavy (non-hydrogen) atoms. The monoisotopic (exact) mass is 312 g/mol. The quantitative estimate of drug-likeness (QED) is 0.254. The average molecular weight is 313 g/mol. The van der Waals surface area contributed by atoms with Crippen LogP contribution in [0.15, 0.2) is 0 Å². The smallest absolute Gasteiger partial charge is 0.305 e. The van der Waals surface area contributed by atoms with Gasteiger partial charge in [0.05, 0.1) is 6.61 Å². The van der Waals surface area contributed by atoms with Crippen LogP contribution in [0.4, 0.5) is 0 Å². The van der Waals surface area contributed by atoms with Crippen LogP contribution in [0, 0.1) is 11.8 Å². The second kappa shape index (κ2) is 15.4. The van der Waals surface area contributed by atoms with E-state index in [0.29, 0.717) is 18.9 Å². The summed E-state index contributed by atoms with van der Waals surface area (Å²) in [5.74, 6) is 1.39. The fraction of sp³-hybridized carbons (Fsp3) is 0.950. The molecule has 0 spiro atoms. The largest absolute Gasteiger partial charge is 0.465 e. The maximum atomic E-state index is 11.6. The van der Waals surface area contributed by atoms with Crippen LogP contribution in [0.5, 0.6) is 0 Å². The highest BCUT2D eigenvalue weighted by atomic mass is 16.5. The van der Waals surface area contributed by atoms with Crippen LogP contribution in [0.2, 0.25) is 0 Å². The predicted molar refractivity (Wildman–Crippen MR) is 96.0 cm³/mol. The Morgan fingerprint density at radius 3 is 1.82 bits per heavy atom. The molecule has 0 saturated heterocycles. The van der Waals surface area contributed by atoms with Crippen molar-refractivity contribution in [3.63, 3.8) is 0 Å². The van der Waals surface area contributed by atoms with Crippen molar-refractivity contribution in [3.8, 4) is 0 Å². The van der Waals surface area contributed by atoms with Crippen LogP contribution < -0.4 is 0 Å². The molecular formula is C20H40O2. The van der Waals surface area contributed by atoms with Crippen LogP contribution >= 0.6 is 0 Å². The van der Waals surface area contributed by atoms with E-state index in [9.17, 15) is 4.79 Å². The van der Waals surface area contributed by atoms with Gasteiger partial charge >= 0.3 is 5.97 Å². The minimum absolute atomic E-state index is 0.000542. The number of hydrogen-bond donors (Lipinski definition) is 0. The highest BCUT2D eigenvalue weighted by molar-refractivity contribution is 5.69. The van der Waals surface area contributed by atoms with E-state index >= 15 is 0 Å². The summed E-state index contributed by atoms with van der Waals surface area (Å²) in [5, 5.41) is 0. The fourth-order valence-corrected chi connectivity index (χ4v) is 2.69. The summed E-state index contributed by atoms with van der Waals surface area (Å²) in [6, 6.07) is 0. The first-order valence-corrected chi connectivity index (χ1v) is 9.75. The Balaban J connectivity index is 3.26. The Bertz CT molecular complexity index is 244. The third-order valence-corrected chi connectivity index (χ3v) is 4.55. The van der Waals surface area contributed by atoms with Gasteiger partial charge in [-0.05, 0) is 18.3 Å². The van der Waals surface area contributed by atoms with Gasteiger partial charge in [0.25, 0.3) is 0 Å². The van der Waals surface area contributed by atoms with Crippen molar-refractivity contribution in [3.05, 3.63) is 0 Å². The number of carbonyl (C=O) groups excluding carboxylic acids is 1. The van der Waals surface area contributed by atoms with Crippen molar-refractivity contribution in [2.24, 2.45) is 11.8 Å². The van der Waals surface area contributed by atoms with E-state index in [1.165, 1.54) is 51.4 Å². The lowest BCUT2D eigenvalue weighted by Crippen LogP contribution is -2.12. The minimum Gasteiger partial charge on any atom is -0.465 e. The van der Waals surface area contributed by atoms with Crippen molar-refractivity contribution < 1.29 is 9.53 Å². The zero-order valence-electron chi connectivity index (χ0n) is 15.7. The molecule has 2 nitrogen and oxygen atoms in total. The first-order chi connectivity index (χ1) is 10.6. The van der Waals surface area contributed by atoms with E-state index in [-0.39, 0.29) is 5.97 Å². The molecule has 0 bridgehead atoms. The summed E-state index contributed by atoms with van der Waals surface area (Å²) in [4.78, 5) is 11.6. The number of unbranched alkanes of at least 4 members (excludes halogenated alkanes) is 7. The summed E-state index contributed by atoms with van der Waals surface area (Å²) < 4.78 is 5.34. The average Bonchev–Trinajstić information content (AvgIpc) is 2.49. The molecule has 0 aromatic heterocycles. The van der Waals surface area contributed by atoms with Gasteiger partial charge in [-0.3, -0.25) is 4.79 Å². The normalized spacial score (nSPS) is 11.4. The van der Waals surface area contributed by atoms with Crippen LogP contribution in [-0.2, 0) is 9.53 Å². The van der Waals surface area contributed by atoms with Gasteiger partial charge < -0.3 is 4.74 Å². The molecule has 2 heteroatoms. The van der Waals surface area contributed by atoms with E-state index in [2.05, 4.69) is 27.7 Å². The molecule has 0 aliphatic rings. The Labute approximate surface area is 139 Å². The summed E-state index contributed by atoms with van der Waals surface area (Å²) in [5.41, 5.74) is 0. The molecule has 0 heterocycles. The van der Waals surface area contributed by atoms with Crippen LogP contribution in [0.3, 0.4) is 0 Å². The molecule has 0 aliphatic heterocycles. The molecule has 0 fully saturated rings. The zero-order chi connectivity index (χ0) is 16.6. The third kappa shape index (κ3) is 14.4. The van der Waals surface area contributed by atoms with E-state index in [4.69, 9.17) is 4.74 Å². The van der Waals surface area contributed by atoms with Gasteiger partial charge in [-0.2, -0.15) is 0 Å². The van der Waals surface area contributed by atoms with Crippen molar-refractivity contribution in [1.29, 1.82) is 0 Å². The van der Waals surface area contributed by atoms with Crippen molar-refractivity contribution >= 4 is 5.97 Å². The number of carbonyl (C=O) groups is 1. The number of rotatable bonds is 15. The zero-order valence-corrected chi connectivity index (χ0v) is 15.7. The Morgan fingerprint density at radius 2 is 1.32 bits per heavy atom. The molecule has 0 unspecified atom stereocenters. The lowest BCUT2D eigenvalue weighted by molar-refractivity contribution is -0.145. The molecule has 0 aromatic rings. The second-order valence-electron chi connectivity index (χ2n) is 7.13. The maximum Gasteiger partial charge on any atom is 0.305 e. The molecule has 0 aromatic carbocycles. The number of hydrogen-bond acceptors (Lipinski definition) is 2. The Morgan fingerprint density at radius 1 is 0.818 bits per heavy atom. The fourth-order valence-electron chi connectivity index (χ4n) is 2.69. The molecule has 0 radical (unpaired) electrons. The summed E-state index contributed by atoms with van der Waals surface area (Å²) in [7, 11) is 0. The first kappa shape index (κ1) is 21.5. The van der Waals surface area contributed by atoms with Gasteiger partial charge in [0.2, 0.25) is 0 Å². The standard InChI is InChI=1S/C20H40O2/c1-5-19(6-2)17-22-20(21)16-14-12-10-8-7-9-11-13-15-18(3)4/h18-19H,5-17H2,1-4H3. The second-order valence-corrected chi connectivity index (χ2v) is 7.13. The number of esters is 1. The van der Waals surface area contributed by atoms with Gasteiger partial charge in [0.1, 0.15) is 0 Å². The molecule has 0 saturated carbocycles. The van der Waals surface area contributed by atoms with Gasteiger partial charge in [0, 0.05) is 6.42 Å². The van der Waals surface area contributed by atoms with E-state index in [0.717, 1.165) is 25.2 Å². The molecule has 0 N–H and O–H groups in total. The van der Waals surface area contributed by atoms with Gasteiger partial charge in [-0.1, -0.05) is 91.9 Å². The van der Waals surface area contributed by atoms with Crippen molar-refractivity contribution in [2.45, 2.75) is 105 Å². The van der Waals surface area contributed by atoms with Crippen LogP contribution in [0.25, 0.3) is 0 Å². The minimum atomic E-state index is 0.000542. The Hall–Kier alpha value is -0.530. The third-order valence-electron chi connectivity index (χ3n) is 4.55.